The van der Waals surface area contributed by atoms with Crippen LogP contribution in [0, 0.1) is 6.92 Å². The molecule has 0 atom stereocenters. The summed E-state index contributed by atoms with van der Waals surface area (Å²) in [5.41, 5.74) is 1.19. The normalized spacial score (nSPS) is 10.7. The van der Waals surface area contributed by atoms with Crippen LogP contribution < -0.4 is 16.4 Å². The highest BCUT2D eigenvalue weighted by atomic mass is 35.5. The number of rotatable bonds is 2. The van der Waals surface area contributed by atoms with Crippen molar-refractivity contribution >= 4 is 34.2 Å². The fraction of sp³-hybridized carbons (Fsp3) is 0.0625. The predicted molar refractivity (Wildman–Crippen MR) is 89.3 cm³/mol. The molecule has 0 unspecified atom stereocenters. The summed E-state index contributed by atoms with van der Waals surface area (Å²) in [6.07, 6.45) is 0. The number of amides is 1. The van der Waals surface area contributed by atoms with Gasteiger partial charge in [-0.15, -0.1) is 0 Å². The minimum Gasteiger partial charge on any atom is -0.322 e. The number of aromatic amines is 2. The molecule has 1 amide bonds. The molecule has 0 aliphatic carbocycles. The lowest BCUT2D eigenvalue weighted by molar-refractivity contribution is 0.102. The summed E-state index contributed by atoms with van der Waals surface area (Å²) in [6, 6.07) is 9.79. The molecule has 2 aromatic carbocycles. The van der Waals surface area contributed by atoms with Crippen molar-refractivity contribution in [1.82, 2.24) is 9.97 Å². The van der Waals surface area contributed by atoms with E-state index >= 15 is 0 Å². The Balaban J connectivity index is 1.96. The highest BCUT2D eigenvalue weighted by Gasteiger charge is 2.10. The van der Waals surface area contributed by atoms with Crippen LogP contribution in [0.4, 0.5) is 5.69 Å². The van der Waals surface area contributed by atoms with Crippen LogP contribution in [-0.4, -0.2) is 15.9 Å². The van der Waals surface area contributed by atoms with Gasteiger partial charge in [0, 0.05) is 16.3 Å². The molecule has 116 valence electrons. The Hall–Kier alpha value is -2.86. The number of aryl methyl sites for hydroxylation is 1. The Labute approximate surface area is 135 Å². The smallest absolute Gasteiger partial charge is 0.314 e. The van der Waals surface area contributed by atoms with Crippen molar-refractivity contribution in [2.24, 2.45) is 0 Å². The first kappa shape index (κ1) is 15.1. The highest BCUT2D eigenvalue weighted by Crippen LogP contribution is 2.20. The zero-order valence-corrected chi connectivity index (χ0v) is 12.8. The molecular formula is C16H12ClN3O3. The van der Waals surface area contributed by atoms with Gasteiger partial charge in [-0.3, -0.25) is 14.4 Å². The molecular weight excluding hydrogens is 318 g/mol. The number of aromatic nitrogens is 2. The zero-order chi connectivity index (χ0) is 16.6. The number of hydrogen-bond donors (Lipinski definition) is 3. The van der Waals surface area contributed by atoms with Crippen LogP contribution in [0.15, 0.2) is 46.0 Å². The number of carbonyl (C=O) groups excluding carboxylic acids is 1. The quantitative estimate of drug-likeness (QED) is 0.630. The van der Waals surface area contributed by atoms with Crippen molar-refractivity contribution in [3.8, 4) is 0 Å². The third kappa shape index (κ3) is 3.02. The second kappa shape index (κ2) is 5.73. The Morgan fingerprint density at radius 2 is 1.70 bits per heavy atom. The van der Waals surface area contributed by atoms with Crippen LogP contribution >= 0.6 is 11.6 Å². The fourth-order valence-electron chi connectivity index (χ4n) is 2.22. The molecule has 3 aromatic rings. The van der Waals surface area contributed by atoms with E-state index < -0.39 is 11.1 Å². The third-order valence-corrected chi connectivity index (χ3v) is 3.66. The number of carbonyl (C=O) groups is 1. The van der Waals surface area contributed by atoms with Crippen LogP contribution in [0.5, 0.6) is 0 Å². The lowest BCUT2D eigenvalue weighted by atomic mass is 10.1. The maximum atomic E-state index is 12.3. The van der Waals surface area contributed by atoms with E-state index in [4.69, 9.17) is 11.6 Å². The molecule has 0 fully saturated rings. The number of fused-ring (bicyclic) bond motifs is 1. The zero-order valence-electron chi connectivity index (χ0n) is 12.1. The molecule has 0 saturated carbocycles. The van der Waals surface area contributed by atoms with Gasteiger partial charge in [0.15, 0.2) is 0 Å². The number of anilines is 1. The van der Waals surface area contributed by atoms with Gasteiger partial charge in [0.25, 0.3) is 5.91 Å². The number of halogens is 1. The van der Waals surface area contributed by atoms with E-state index in [0.29, 0.717) is 27.3 Å². The van der Waals surface area contributed by atoms with E-state index in [1.165, 1.54) is 6.07 Å². The van der Waals surface area contributed by atoms with E-state index in [9.17, 15) is 14.4 Å². The van der Waals surface area contributed by atoms with Crippen molar-refractivity contribution < 1.29 is 4.79 Å². The van der Waals surface area contributed by atoms with Crippen LogP contribution in [0.1, 0.15) is 15.9 Å². The van der Waals surface area contributed by atoms with Crippen LogP contribution in [-0.2, 0) is 0 Å². The van der Waals surface area contributed by atoms with Crippen LogP contribution in [0.25, 0.3) is 11.0 Å². The van der Waals surface area contributed by atoms with E-state index in [-0.39, 0.29) is 5.91 Å². The van der Waals surface area contributed by atoms with E-state index in [2.05, 4.69) is 15.3 Å². The second-order valence-electron chi connectivity index (χ2n) is 5.08. The first-order chi connectivity index (χ1) is 10.9. The average molecular weight is 330 g/mol. The van der Waals surface area contributed by atoms with Crippen molar-refractivity contribution in [2.45, 2.75) is 6.92 Å². The monoisotopic (exact) mass is 329 g/mol. The maximum absolute atomic E-state index is 12.3. The summed E-state index contributed by atoms with van der Waals surface area (Å²) < 4.78 is 0. The van der Waals surface area contributed by atoms with Crippen LogP contribution in [0.2, 0.25) is 5.02 Å². The Morgan fingerprint density at radius 1 is 1.00 bits per heavy atom. The molecule has 0 saturated heterocycles. The molecule has 1 aromatic heterocycles. The summed E-state index contributed by atoms with van der Waals surface area (Å²) in [4.78, 5) is 39.9. The van der Waals surface area contributed by atoms with Crippen LogP contribution in [0.3, 0.4) is 0 Å². The molecule has 0 radical (unpaired) electrons. The highest BCUT2D eigenvalue weighted by molar-refractivity contribution is 6.30. The van der Waals surface area contributed by atoms with Gasteiger partial charge in [-0.25, -0.2) is 0 Å². The Morgan fingerprint density at radius 3 is 2.39 bits per heavy atom. The van der Waals surface area contributed by atoms with Gasteiger partial charge < -0.3 is 15.3 Å². The van der Waals surface area contributed by atoms with Gasteiger partial charge in [0.2, 0.25) is 0 Å². The summed E-state index contributed by atoms with van der Waals surface area (Å²) >= 11 is 5.89. The molecule has 23 heavy (non-hydrogen) atoms. The molecule has 1 heterocycles. The number of H-pyrrole nitrogens is 2. The van der Waals surface area contributed by atoms with Crippen molar-refractivity contribution in [2.75, 3.05) is 5.32 Å². The van der Waals surface area contributed by atoms with Crippen molar-refractivity contribution in [3.63, 3.8) is 0 Å². The van der Waals surface area contributed by atoms with Gasteiger partial charge in [-0.05, 0) is 48.9 Å². The van der Waals surface area contributed by atoms with Gasteiger partial charge in [-0.1, -0.05) is 11.6 Å². The topological polar surface area (TPSA) is 94.8 Å². The van der Waals surface area contributed by atoms with Gasteiger partial charge in [0.1, 0.15) is 0 Å². The van der Waals surface area contributed by atoms with E-state index in [1.54, 1.807) is 30.3 Å². The summed E-state index contributed by atoms with van der Waals surface area (Å²) in [7, 11) is 0. The average Bonchev–Trinajstić information content (AvgIpc) is 2.50. The minimum absolute atomic E-state index is 0.329. The largest absolute Gasteiger partial charge is 0.322 e. The molecule has 3 N–H and O–H groups in total. The molecule has 0 bridgehead atoms. The van der Waals surface area contributed by atoms with Gasteiger partial charge in [0.05, 0.1) is 11.0 Å². The van der Waals surface area contributed by atoms with Crippen molar-refractivity contribution in [3.05, 3.63) is 73.3 Å². The molecule has 0 spiro atoms. The third-order valence-electron chi connectivity index (χ3n) is 3.42. The first-order valence-corrected chi connectivity index (χ1v) is 7.16. The number of nitrogens with one attached hydrogen (secondary N) is 3. The standard InChI is InChI=1S/C16H12ClN3O3/c1-8-6-10(17)3-5-11(8)18-14(21)9-2-4-12-13(7-9)20-16(23)15(22)19-12/h2-7H,1H3,(H,18,21)(H,19,22)(H,20,23). The van der Waals surface area contributed by atoms with Gasteiger partial charge in [-0.2, -0.15) is 0 Å². The molecule has 6 nitrogen and oxygen atoms in total. The molecule has 3 rings (SSSR count). The number of benzene rings is 2. The predicted octanol–water partition coefficient (Wildman–Crippen LogP) is 2.43. The molecule has 7 heteroatoms. The van der Waals surface area contributed by atoms with E-state index in [0.717, 1.165) is 5.56 Å². The maximum Gasteiger partial charge on any atom is 0.314 e. The molecule has 0 aliphatic heterocycles. The Kier molecular flexibility index (Phi) is 3.75. The van der Waals surface area contributed by atoms with Crippen molar-refractivity contribution in [1.29, 1.82) is 0 Å². The summed E-state index contributed by atoms with van der Waals surface area (Å²) in [6.45, 7) is 1.84. The molecule has 0 aliphatic rings. The summed E-state index contributed by atoms with van der Waals surface area (Å²) in [5, 5.41) is 3.37. The lowest BCUT2D eigenvalue weighted by Gasteiger charge is -2.09. The van der Waals surface area contributed by atoms with E-state index in [1.807, 2.05) is 6.92 Å². The SMILES string of the molecule is Cc1cc(Cl)ccc1NC(=O)c1ccc2[nH]c(=O)c(=O)[nH]c2c1. The van der Waals surface area contributed by atoms with Gasteiger partial charge >= 0.3 is 11.1 Å². The minimum atomic E-state index is -0.761. The first-order valence-electron chi connectivity index (χ1n) is 6.78. The summed E-state index contributed by atoms with van der Waals surface area (Å²) in [5.74, 6) is -0.329. The second-order valence-corrected chi connectivity index (χ2v) is 5.52. The fourth-order valence-corrected chi connectivity index (χ4v) is 2.44. The Bertz CT molecular complexity index is 1040. The number of hydrogen-bond acceptors (Lipinski definition) is 3. The lowest BCUT2D eigenvalue weighted by Crippen LogP contribution is -2.29.